The molecule has 0 fully saturated rings. The Morgan fingerprint density at radius 1 is 0.508 bits per heavy atom. The van der Waals surface area contributed by atoms with Crippen LogP contribution in [0.15, 0.2) is 48.6 Å². The van der Waals surface area contributed by atoms with Gasteiger partial charge in [-0.15, -0.1) is 0 Å². The molecule has 3 atom stereocenters. The molecule has 0 bridgehead atoms. The van der Waals surface area contributed by atoms with Crippen LogP contribution in [0, 0.1) is 0 Å². The number of amides is 1. The van der Waals surface area contributed by atoms with E-state index in [0.29, 0.717) is 17.4 Å². The van der Waals surface area contributed by atoms with Crippen molar-refractivity contribution < 1.29 is 32.9 Å². The number of allylic oxidation sites excluding steroid dienone is 7. The summed E-state index contributed by atoms with van der Waals surface area (Å²) in [5.41, 5.74) is 0. The van der Waals surface area contributed by atoms with E-state index in [4.69, 9.17) is 9.05 Å². The molecule has 3 unspecified atom stereocenters. The second-order valence-electron chi connectivity index (χ2n) is 19.9. The van der Waals surface area contributed by atoms with Gasteiger partial charge in [0.15, 0.2) is 0 Å². The smallest absolute Gasteiger partial charge is 0.387 e. The zero-order valence-corrected chi connectivity index (χ0v) is 44.4. The van der Waals surface area contributed by atoms with Crippen molar-refractivity contribution in [1.82, 2.24) is 5.32 Å². The Hall–Kier alpha value is -1.54. The summed E-state index contributed by atoms with van der Waals surface area (Å²) in [7, 11) is 1.55. The Bertz CT molecular complexity index is 1200. The number of carbonyl (C=O) groups excluding carboxylic acids is 1. The molecule has 0 aromatic heterocycles. The molecular formula is C56H108N2O6P+. The third-order valence-electron chi connectivity index (χ3n) is 12.2. The van der Waals surface area contributed by atoms with Crippen molar-refractivity contribution in [1.29, 1.82) is 0 Å². The van der Waals surface area contributed by atoms with E-state index >= 15 is 0 Å². The number of aliphatic hydroxyl groups excluding tert-OH is 1. The Balaban J connectivity index is 4.22. The first-order valence-electron chi connectivity index (χ1n) is 27.5. The van der Waals surface area contributed by atoms with Gasteiger partial charge in [0.2, 0.25) is 5.91 Å². The van der Waals surface area contributed by atoms with Crippen LogP contribution in [-0.4, -0.2) is 73.4 Å². The zero-order chi connectivity index (χ0) is 47.8. The third-order valence-corrected chi connectivity index (χ3v) is 13.2. The number of unbranched alkanes of at least 4 members (excludes halogenated alkanes) is 31. The van der Waals surface area contributed by atoms with E-state index in [1.807, 2.05) is 27.2 Å². The molecule has 8 nitrogen and oxygen atoms in total. The summed E-state index contributed by atoms with van der Waals surface area (Å²) in [6, 6.07) is -0.870. The fourth-order valence-electron chi connectivity index (χ4n) is 7.89. The van der Waals surface area contributed by atoms with E-state index < -0.39 is 20.0 Å². The van der Waals surface area contributed by atoms with E-state index in [-0.39, 0.29) is 19.1 Å². The van der Waals surface area contributed by atoms with E-state index in [0.717, 1.165) is 44.9 Å². The topological polar surface area (TPSA) is 105 Å². The van der Waals surface area contributed by atoms with Crippen molar-refractivity contribution in [3.63, 3.8) is 0 Å². The van der Waals surface area contributed by atoms with Gasteiger partial charge in [0.05, 0.1) is 39.9 Å². The van der Waals surface area contributed by atoms with E-state index in [9.17, 15) is 19.4 Å². The number of phosphoric acid groups is 1. The van der Waals surface area contributed by atoms with Crippen molar-refractivity contribution in [3.8, 4) is 0 Å². The van der Waals surface area contributed by atoms with Crippen molar-refractivity contribution >= 4 is 13.7 Å². The van der Waals surface area contributed by atoms with E-state index in [1.165, 1.54) is 186 Å². The van der Waals surface area contributed by atoms with Crippen LogP contribution in [0.3, 0.4) is 0 Å². The first kappa shape index (κ1) is 63.5. The van der Waals surface area contributed by atoms with Gasteiger partial charge in [-0.1, -0.05) is 223 Å². The number of nitrogens with one attached hydrogen (secondary N) is 1. The molecule has 0 aliphatic rings. The summed E-state index contributed by atoms with van der Waals surface area (Å²) in [6.07, 6.45) is 62.1. The van der Waals surface area contributed by atoms with Gasteiger partial charge in [-0.25, -0.2) is 4.57 Å². The van der Waals surface area contributed by atoms with Crippen LogP contribution in [0.4, 0.5) is 0 Å². The quantitative estimate of drug-likeness (QED) is 0.0243. The number of nitrogens with zero attached hydrogens (tertiary/aromatic N) is 1. The molecule has 0 radical (unpaired) electrons. The van der Waals surface area contributed by atoms with Crippen LogP contribution >= 0.6 is 7.82 Å². The van der Waals surface area contributed by atoms with Crippen LogP contribution in [0.1, 0.15) is 251 Å². The SMILES string of the molecule is CCCCCCCC/C=C/CC/C=C/CC/C=C/C(O)C(COP(=O)(O)OCC[N+](C)(C)C)NC(=O)CCCCCCCCCCCCC/C=C\CCCCCCCCCCCCCC. The maximum Gasteiger partial charge on any atom is 0.472 e. The number of quaternary nitrogens is 1. The molecule has 0 aromatic carbocycles. The molecule has 0 spiro atoms. The summed E-state index contributed by atoms with van der Waals surface area (Å²) in [5, 5.41) is 13.9. The van der Waals surface area contributed by atoms with Crippen molar-refractivity contribution in [2.24, 2.45) is 0 Å². The van der Waals surface area contributed by atoms with Crippen LogP contribution in [-0.2, 0) is 18.4 Å². The molecule has 0 saturated heterocycles. The van der Waals surface area contributed by atoms with Gasteiger partial charge in [-0.05, 0) is 70.6 Å². The fourth-order valence-corrected chi connectivity index (χ4v) is 8.63. The molecule has 9 heteroatoms. The number of aliphatic hydroxyl groups is 1. The van der Waals surface area contributed by atoms with Crippen molar-refractivity contribution in [3.05, 3.63) is 48.6 Å². The summed E-state index contributed by atoms with van der Waals surface area (Å²) >= 11 is 0. The minimum Gasteiger partial charge on any atom is -0.387 e. The summed E-state index contributed by atoms with van der Waals surface area (Å²) in [4.78, 5) is 23.2. The monoisotopic (exact) mass is 936 g/mol. The van der Waals surface area contributed by atoms with Gasteiger partial charge in [0.1, 0.15) is 13.2 Å². The molecule has 0 saturated carbocycles. The lowest BCUT2D eigenvalue weighted by Crippen LogP contribution is -2.45. The third kappa shape index (κ3) is 50.2. The van der Waals surface area contributed by atoms with Gasteiger partial charge in [0, 0.05) is 6.42 Å². The fraction of sp³-hybridized carbons (Fsp3) is 0.839. The van der Waals surface area contributed by atoms with Gasteiger partial charge in [0.25, 0.3) is 0 Å². The normalized spacial score (nSPS) is 14.4. The summed E-state index contributed by atoms with van der Waals surface area (Å²) < 4.78 is 23.6. The highest BCUT2D eigenvalue weighted by molar-refractivity contribution is 7.47. The molecule has 382 valence electrons. The molecule has 0 aliphatic heterocycles. The minimum atomic E-state index is -4.36. The lowest BCUT2D eigenvalue weighted by Gasteiger charge is -2.25. The highest BCUT2D eigenvalue weighted by Crippen LogP contribution is 2.43. The Morgan fingerprint density at radius 3 is 1.23 bits per heavy atom. The zero-order valence-electron chi connectivity index (χ0n) is 43.5. The molecule has 0 aromatic rings. The minimum absolute atomic E-state index is 0.0530. The predicted molar refractivity (Wildman–Crippen MR) is 281 cm³/mol. The summed E-state index contributed by atoms with van der Waals surface area (Å²) in [6.45, 7) is 4.79. The second kappa shape index (κ2) is 47.5. The molecule has 0 heterocycles. The van der Waals surface area contributed by atoms with Gasteiger partial charge >= 0.3 is 7.82 Å². The molecule has 3 N–H and O–H groups in total. The first-order valence-corrected chi connectivity index (χ1v) is 29.0. The average molecular weight is 936 g/mol. The molecular weight excluding hydrogens is 828 g/mol. The number of carbonyl (C=O) groups is 1. The molecule has 0 rings (SSSR count). The van der Waals surface area contributed by atoms with Crippen LogP contribution in [0.25, 0.3) is 0 Å². The largest absolute Gasteiger partial charge is 0.472 e. The van der Waals surface area contributed by atoms with Gasteiger partial charge in [-0.2, -0.15) is 0 Å². The second-order valence-corrected chi connectivity index (χ2v) is 21.4. The maximum absolute atomic E-state index is 12.9. The van der Waals surface area contributed by atoms with Crippen molar-refractivity contribution in [2.45, 2.75) is 264 Å². The lowest BCUT2D eigenvalue weighted by atomic mass is 10.0. The Kier molecular flexibility index (Phi) is 46.4. The van der Waals surface area contributed by atoms with Crippen LogP contribution in [0.2, 0.25) is 0 Å². The molecule has 0 aliphatic carbocycles. The number of rotatable bonds is 50. The average Bonchev–Trinajstić information content (AvgIpc) is 3.26. The van der Waals surface area contributed by atoms with Crippen LogP contribution in [0.5, 0.6) is 0 Å². The van der Waals surface area contributed by atoms with E-state index in [1.54, 1.807) is 6.08 Å². The first-order chi connectivity index (χ1) is 31.5. The summed E-state index contributed by atoms with van der Waals surface area (Å²) in [5.74, 6) is -0.191. The van der Waals surface area contributed by atoms with Crippen molar-refractivity contribution in [2.75, 3.05) is 40.9 Å². The highest BCUT2D eigenvalue weighted by atomic mass is 31.2. The molecule has 65 heavy (non-hydrogen) atoms. The highest BCUT2D eigenvalue weighted by Gasteiger charge is 2.27. The maximum atomic E-state index is 12.9. The number of likely N-dealkylation sites (N-methyl/N-ethyl adjacent to an activating group) is 1. The van der Waals surface area contributed by atoms with Crippen LogP contribution < -0.4 is 5.32 Å². The standard InChI is InChI=1S/C56H107N2O6P/c1-6-8-10-12-14-16-18-20-22-24-25-26-27-28-29-30-31-32-33-34-36-38-40-42-44-46-48-50-56(60)57-54(53-64-65(61,62)63-52-51-58(3,4)5)55(59)49-47-45-43-41-39-37-35-23-21-19-17-15-13-11-9-7-2/h21,23,28-29,39,41,47,49,54-55,59H,6-20,22,24-27,30-38,40,42-46,48,50-53H2,1-5H3,(H-,57,60,61,62)/p+1/b23-21+,29-28-,41-39+,49-47+. The Labute approximate surface area is 403 Å². The number of phosphoric ester groups is 1. The number of hydrogen-bond donors (Lipinski definition) is 3. The number of hydrogen-bond acceptors (Lipinski definition) is 5. The Morgan fingerprint density at radius 2 is 0.846 bits per heavy atom. The molecule has 1 amide bonds. The van der Waals surface area contributed by atoms with Gasteiger partial charge < -0.3 is 19.8 Å². The van der Waals surface area contributed by atoms with E-state index in [2.05, 4.69) is 55.6 Å². The predicted octanol–water partition coefficient (Wildman–Crippen LogP) is 16.4. The lowest BCUT2D eigenvalue weighted by molar-refractivity contribution is -0.870. The van der Waals surface area contributed by atoms with Gasteiger partial charge in [-0.3, -0.25) is 13.8 Å².